The van der Waals surface area contributed by atoms with E-state index < -0.39 is 0 Å². The SMILES string of the molecule is Clc1cncc(N2CCCCC2)c1. The molecule has 2 rings (SSSR count). The minimum absolute atomic E-state index is 0.725. The molecular formula is C10H13ClN2. The number of halogens is 1. The van der Waals surface area contributed by atoms with E-state index in [9.17, 15) is 0 Å². The molecule has 1 aromatic heterocycles. The Morgan fingerprint density at radius 1 is 1.15 bits per heavy atom. The van der Waals surface area contributed by atoms with Gasteiger partial charge in [0.05, 0.1) is 16.9 Å². The molecule has 0 unspecified atom stereocenters. The summed E-state index contributed by atoms with van der Waals surface area (Å²) in [5.74, 6) is 0. The number of rotatable bonds is 1. The minimum Gasteiger partial charge on any atom is -0.370 e. The van der Waals surface area contributed by atoms with Crippen molar-refractivity contribution in [1.82, 2.24) is 4.98 Å². The fourth-order valence-corrected chi connectivity index (χ4v) is 1.89. The Morgan fingerprint density at radius 3 is 2.62 bits per heavy atom. The maximum atomic E-state index is 5.87. The van der Waals surface area contributed by atoms with Crippen molar-refractivity contribution < 1.29 is 0 Å². The van der Waals surface area contributed by atoms with Crippen LogP contribution in [0.2, 0.25) is 5.02 Å². The highest BCUT2D eigenvalue weighted by atomic mass is 35.5. The summed E-state index contributed by atoms with van der Waals surface area (Å²) < 4.78 is 0. The van der Waals surface area contributed by atoms with E-state index in [4.69, 9.17) is 11.6 Å². The highest BCUT2D eigenvalue weighted by Crippen LogP contribution is 2.21. The van der Waals surface area contributed by atoms with Crippen molar-refractivity contribution in [2.24, 2.45) is 0 Å². The maximum Gasteiger partial charge on any atom is 0.0609 e. The van der Waals surface area contributed by atoms with Gasteiger partial charge in [0, 0.05) is 19.3 Å². The quantitative estimate of drug-likeness (QED) is 0.687. The topological polar surface area (TPSA) is 16.1 Å². The number of nitrogens with zero attached hydrogens (tertiary/aromatic N) is 2. The standard InChI is InChI=1S/C10H13ClN2/c11-9-6-10(8-12-7-9)13-4-2-1-3-5-13/h6-8H,1-5H2. The van der Waals surface area contributed by atoms with Crippen LogP contribution in [0.3, 0.4) is 0 Å². The third kappa shape index (κ3) is 2.13. The van der Waals surface area contributed by atoms with Crippen LogP contribution in [-0.2, 0) is 0 Å². The Bertz CT molecular complexity index is 282. The van der Waals surface area contributed by atoms with Crippen LogP contribution < -0.4 is 4.90 Å². The average molecular weight is 197 g/mol. The second-order valence-corrected chi connectivity index (χ2v) is 3.85. The summed E-state index contributed by atoms with van der Waals surface area (Å²) in [4.78, 5) is 6.44. The smallest absolute Gasteiger partial charge is 0.0609 e. The van der Waals surface area contributed by atoms with Crippen molar-refractivity contribution in [2.75, 3.05) is 18.0 Å². The van der Waals surface area contributed by atoms with Crippen LogP contribution in [0.15, 0.2) is 18.5 Å². The van der Waals surface area contributed by atoms with Gasteiger partial charge >= 0.3 is 0 Å². The van der Waals surface area contributed by atoms with Crippen LogP contribution in [0.25, 0.3) is 0 Å². The molecule has 1 aromatic rings. The molecule has 1 fully saturated rings. The molecule has 70 valence electrons. The molecule has 2 heterocycles. The van der Waals surface area contributed by atoms with Gasteiger partial charge in [-0.2, -0.15) is 0 Å². The predicted molar refractivity (Wildman–Crippen MR) is 55.3 cm³/mol. The molecule has 0 saturated carbocycles. The highest BCUT2D eigenvalue weighted by molar-refractivity contribution is 6.30. The van der Waals surface area contributed by atoms with E-state index in [0.29, 0.717) is 0 Å². The lowest BCUT2D eigenvalue weighted by molar-refractivity contribution is 0.577. The fraction of sp³-hybridized carbons (Fsp3) is 0.500. The molecule has 2 nitrogen and oxygen atoms in total. The zero-order valence-corrected chi connectivity index (χ0v) is 8.30. The lowest BCUT2D eigenvalue weighted by Crippen LogP contribution is -2.29. The first-order valence-electron chi connectivity index (χ1n) is 4.72. The van der Waals surface area contributed by atoms with Gasteiger partial charge in [-0.15, -0.1) is 0 Å². The number of aromatic nitrogens is 1. The van der Waals surface area contributed by atoms with Crippen molar-refractivity contribution in [2.45, 2.75) is 19.3 Å². The molecule has 1 aliphatic rings. The van der Waals surface area contributed by atoms with Gasteiger partial charge in [-0.05, 0) is 25.3 Å². The fourth-order valence-electron chi connectivity index (χ4n) is 1.73. The van der Waals surface area contributed by atoms with E-state index in [2.05, 4.69) is 9.88 Å². The summed E-state index contributed by atoms with van der Waals surface area (Å²) in [7, 11) is 0. The minimum atomic E-state index is 0.725. The van der Waals surface area contributed by atoms with Crippen molar-refractivity contribution in [3.05, 3.63) is 23.5 Å². The van der Waals surface area contributed by atoms with Gasteiger partial charge < -0.3 is 4.90 Å². The highest BCUT2D eigenvalue weighted by Gasteiger charge is 2.10. The molecule has 0 aromatic carbocycles. The Morgan fingerprint density at radius 2 is 1.92 bits per heavy atom. The van der Waals surface area contributed by atoms with Gasteiger partial charge in [-0.3, -0.25) is 4.98 Å². The Kier molecular flexibility index (Phi) is 2.69. The van der Waals surface area contributed by atoms with Crippen molar-refractivity contribution in [3.8, 4) is 0 Å². The van der Waals surface area contributed by atoms with Crippen LogP contribution in [0, 0.1) is 0 Å². The van der Waals surface area contributed by atoms with E-state index in [1.54, 1.807) is 6.20 Å². The van der Waals surface area contributed by atoms with Crippen LogP contribution in [0.1, 0.15) is 19.3 Å². The molecule has 13 heavy (non-hydrogen) atoms. The molecule has 0 radical (unpaired) electrons. The molecule has 0 bridgehead atoms. The van der Waals surface area contributed by atoms with Gasteiger partial charge in [-0.25, -0.2) is 0 Å². The number of anilines is 1. The third-order valence-corrected chi connectivity index (χ3v) is 2.62. The van der Waals surface area contributed by atoms with E-state index in [1.807, 2.05) is 12.3 Å². The first kappa shape index (κ1) is 8.82. The third-order valence-electron chi connectivity index (χ3n) is 2.41. The molecule has 1 aliphatic heterocycles. The Balaban J connectivity index is 2.14. The zero-order valence-electron chi connectivity index (χ0n) is 7.54. The summed E-state index contributed by atoms with van der Waals surface area (Å²) in [6.45, 7) is 2.28. The van der Waals surface area contributed by atoms with Gasteiger partial charge in [0.2, 0.25) is 0 Å². The molecule has 0 N–H and O–H groups in total. The molecular weight excluding hydrogens is 184 g/mol. The van der Waals surface area contributed by atoms with E-state index in [1.165, 1.54) is 19.3 Å². The molecule has 3 heteroatoms. The number of hydrogen-bond donors (Lipinski definition) is 0. The van der Waals surface area contributed by atoms with Crippen LogP contribution >= 0.6 is 11.6 Å². The first-order chi connectivity index (χ1) is 6.36. The Hall–Kier alpha value is -0.760. The molecule has 1 saturated heterocycles. The van der Waals surface area contributed by atoms with Crippen molar-refractivity contribution in [1.29, 1.82) is 0 Å². The zero-order chi connectivity index (χ0) is 9.10. The second kappa shape index (κ2) is 3.97. The van der Waals surface area contributed by atoms with E-state index in [0.717, 1.165) is 23.8 Å². The van der Waals surface area contributed by atoms with Crippen molar-refractivity contribution in [3.63, 3.8) is 0 Å². The monoisotopic (exact) mass is 196 g/mol. The van der Waals surface area contributed by atoms with Crippen LogP contribution in [-0.4, -0.2) is 18.1 Å². The maximum absolute atomic E-state index is 5.87. The van der Waals surface area contributed by atoms with Crippen molar-refractivity contribution >= 4 is 17.3 Å². The summed E-state index contributed by atoms with van der Waals surface area (Å²) >= 11 is 5.87. The largest absolute Gasteiger partial charge is 0.370 e. The molecule has 0 atom stereocenters. The summed E-state index contributed by atoms with van der Waals surface area (Å²) in [6.07, 6.45) is 7.48. The molecule has 0 amide bonds. The Labute approximate surface area is 83.5 Å². The van der Waals surface area contributed by atoms with Gasteiger partial charge in [-0.1, -0.05) is 11.6 Å². The van der Waals surface area contributed by atoms with Gasteiger partial charge in [0.1, 0.15) is 0 Å². The van der Waals surface area contributed by atoms with Crippen LogP contribution in [0.5, 0.6) is 0 Å². The number of hydrogen-bond acceptors (Lipinski definition) is 2. The van der Waals surface area contributed by atoms with Crippen LogP contribution in [0.4, 0.5) is 5.69 Å². The van der Waals surface area contributed by atoms with E-state index in [-0.39, 0.29) is 0 Å². The van der Waals surface area contributed by atoms with Gasteiger partial charge in [0.15, 0.2) is 0 Å². The average Bonchev–Trinajstić information content (AvgIpc) is 2.19. The lowest BCUT2D eigenvalue weighted by atomic mass is 10.1. The normalized spacial score (nSPS) is 17.5. The van der Waals surface area contributed by atoms with Gasteiger partial charge in [0.25, 0.3) is 0 Å². The summed E-state index contributed by atoms with van der Waals surface area (Å²) in [5, 5.41) is 0.725. The summed E-state index contributed by atoms with van der Waals surface area (Å²) in [5.41, 5.74) is 1.16. The summed E-state index contributed by atoms with van der Waals surface area (Å²) in [6, 6.07) is 1.99. The lowest BCUT2D eigenvalue weighted by Gasteiger charge is -2.28. The number of pyridine rings is 1. The first-order valence-corrected chi connectivity index (χ1v) is 5.09. The second-order valence-electron chi connectivity index (χ2n) is 3.41. The van der Waals surface area contributed by atoms with E-state index >= 15 is 0 Å². The predicted octanol–water partition coefficient (Wildman–Crippen LogP) is 2.73. The molecule has 0 spiro atoms. The molecule has 0 aliphatic carbocycles. The number of piperidine rings is 1.